The molecule has 1 rings (SSSR count). The first kappa shape index (κ1) is 13.0. The summed E-state index contributed by atoms with van der Waals surface area (Å²) in [4.78, 5) is 0. The second-order valence-corrected chi connectivity index (χ2v) is 3.19. The summed E-state index contributed by atoms with van der Waals surface area (Å²) in [5.74, 6) is 0. The zero-order valence-corrected chi connectivity index (χ0v) is 8.09. The lowest BCUT2D eigenvalue weighted by molar-refractivity contribution is -0.0783. The Morgan fingerprint density at radius 3 is 1.94 bits per heavy atom. The Balaban J connectivity index is 3.09. The zero-order chi connectivity index (χ0) is 12.3. The summed E-state index contributed by atoms with van der Waals surface area (Å²) in [6.45, 7) is 0. The second-order valence-electron chi connectivity index (χ2n) is 3.19. The van der Waals surface area contributed by atoms with E-state index in [1.165, 1.54) is 6.07 Å². The van der Waals surface area contributed by atoms with E-state index in [2.05, 4.69) is 6.07 Å². The van der Waals surface area contributed by atoms with Crippen molar-refractivity contribution < 1.29 is 29.2 Å². The molecule has 89 valence electrons. The summed E-state index contributed by atoms with van der Waals surface area (Å²) >= 11 is 0. The minimum Gasteiger partial charge on any atom is -0.383 e. The van der Waals surface area contributed by atoms with E-state index in [0.29, 0.717) is 0 Å². The summed E-state index contributed by atoms with van der Waals surface area (Å²) in [6.07, 6.45) is -8.98. The predicted molar refractivity (Wildman–Crippen MR) is 49.4 cm³/mol. The highest BCUT2D eigenvalue weighted by Gasteiger charge is 2.26. The quantitative estimate of drug-likeness (QED) is 0.596. The number of aliphatic hydroxyl groups excluding tert-OH is 4. The van der Waals surface area contributed by atoms with Gasteiger partial charge < -0.3 is 20.4 Å². The Labute approximate surface area is 90.4 Å². The highest BCUT2D eigenvalue weighted by molar-refractivity contribution is 5.31. The van der Waals surface area contributed by atoms with E-state index in [1.54, 1.807) is 0 Å². The van der Waals surface area contributed by atoms with Gasteiger partial charge in [-0.05, 0) is 23.3 Å². The Morgan fingerprint density at radius 2 is 1.44 bits per heavy atom. The van der Waals surface area contributed by atoms with Crippen molar-refractivity contribution in [1.82, 2.24) is 0 Å². The molecule has 16 heavy (non-hydrogen) atoms. The molecule has 4 unspecified atom stereocenters. The average molecular weight is 233 g/mol. The van der Waals surface area contributed by atoms with Gasteiger partial charge in [0.1, 0.15) is 12.2 Å². The lowest BCUT2D eigenvalue weighted by Gasteiger charge is -2.19. The van der Waals surface area contributed by atoms with E-state index in [-0.39, 0.29) is 11.1 Å². The number of rotatable bonds is 4. The lowest BCUT2D eigenvalue weighted by Crippen LogP contribution is -2.19. The van der Waals surface area contributed by atoms with Crippen molar-refractivity contribution >= 4 is 0 Å². The maximum atomic E-state index is 12.5. The molecule has 0 fully saturated rings. The Bertz CT molecular complexity index is 310. The van der Waals surface area contributed by atoms with Gasteiger partial charge in [-0.25, -0.2) is 8.78 Å². The molecule has 0 aromatic heterocycles. The standard InChI is InChI=1S/C10H11F2O4/c11-9(15)7(13)5-3-1-2-4-6(5)8(14)10(12)16/h1,3-4,7-10,13-16H. The maximum absolute atomic E-state index is 12.5. The van der Waals surface area contributed by atoms with Gasteiger partial charge in [0.2, 0.25) is 12.7 Å². The third-order valence-corrected chi connectivity index (χ3v) is 2.09. The molecule has 0 saturated carbocycles. The Hall–Kier alpha value is -1.08. The largest absolute Gasteiger partial charge is 0.383 e. The van der Waals surface area contributed by atoms with Crippen LogP contribution in [-0.4, -0.2) is 33.1 Å². The fraction of sp³-hybridized carbons (Fsp3) is 0.400. The van der Waals surface area contributed by atoms with Gasteiger partial charge in [-0.1, -0.05) is 12.1 Å². The van der Waals surface area contributed by atoms with Gasteiger partial charge in [-0.3, -0.25) is 0 Å². The molecule has 0 bridgehead atoms. The van der Waals surface area contributed by atoms with Crippen LogP contribution in [0.3, 0.4) is 0 Å². The van der Waals surface area contributed by atoms with Crippen LogP contribution in [-0.2, 0) is 0 Å². The molecule has 6 heteroatoms. The van der Waals surface area contributed by atoms with E-state index < -0.39 is 24.9 Å². The van der Waals surface area contributed by atoms with Gasteiger partial charge in [0, 0.05) is 0 Å². The summed E-state index contributed by atoms with van der Waals surface area (Å²) in [6, 6.07) is 6.02. The number of hydrogen-bond donors (Lipinski definition) is 4. The van der Waals surface area contributed by atoms with Crippen LogP contribution in [0.15, 0.2) is 18.2 Å². The Morgan fingerprint density at radius 1 is 0.938 bits per heavy atom. The maximum Gasteiger partial charge on any atom is 0.226 e. The monoisotopic (exact) mass is 233 g/mol. The molecule has 0 aliphatic rings. The molecule has 0 aliphatic heterocycles. The molecule has 4 N–H and O–H groups in total. The van der Waals surface area contributed by atoms with Crippen molar-refractivity contribution in [2.45, 2.75) is 24.9 Å². The third kappa shape index (κ3) is 2.73. The van der Waals surface area contributed by atoms with Crippen molar-refractivity contribution in [3.63, 3.8) is 0 Å². The van der Waals surface area contributed by atoms with E-state index in [9.17, 15) is 19.0 Å². The first-order chi connectivity index (χ1) is 7.45. The molecule has 4 nitrogen and oxygen atoms in total. The molecule has 0 heterocycles. The number of hydrogen-bond acceptors (Lipinski definition) is 4. The lowest BCUT2D eigenvalue weighted by atomic mass is 9.98. The van der Waals surface area contributed by atoms with Crippen LogP contribution in [0.25, 0.3) is 0 Å². The summed E-state index contributed by atoms with van der Waals surface area (Å²) < 4.78 is 25.0. The SMILES string of the molecule is OC(F)C(O)c1c[c]ccc1C(O)C(O)F. The Kier molecular flexibility index (Phi) is 4.31. The molecule has 1 aromatic carbocycles. The van der Waals surface area contributed by atoms with Gasteiger partial charge in [0.15, 0.2) is 0 Å². The summed E-state index contributed by atoms with van der Waals surface area (Å²) in [7, 11) is 0. The molecule has 0 amide bonds. The fourth-order valence-corrected chi connectivity index (χ4v) is 1.28. The average Bonchev–Trinajstić information content (AvgIpc) is 2.26. The highest BCUT2D eigenvalue weighted by atomic mass is 19.1. The molecule has 0 aliphatic carbocycles. The van der Waals surface area contributed by atoms with Crippen molar-refractivity contribution in [3.8, 4) is 0 Å². The highest BCUT2D eigenvalue weighted by Crippen LogP contribution is 2.28. The number of halogens is 2. The smallest absolute Gasteiger partial charge is 0.226 e. The molecule has 1 radical (unpaired) electrons. The van der Waals surface area contributed by atoms with Gasteiger partial charge in [-0.15, -0.1) is 0 Å². The van der Waals surface area contributed by atoms with Crippen LogP contribution in [0.1, 0.15) is 23.3 Å². The van der Waals surface area contributed by atoms with Crippen LogP contribution < -0.4 is 0 Å². The van der Waals surface area contributed by atoms with E-state index in [0.717, 1.165) is 12.1 Å². The van der Waals surface area contributed by atoms with Gasteiger partial charge in [0.05, 0.1) is 0 Å². The predicted octanol–water partition coefficient (Wildman–Crippen LogP) is 0.129. The molecular formula is C10H11F2O4. The minimum atomic E-state index is -2.57. The minimum absolute atomic E-state index is 0.210. The van der Waals surface area contributed by atoms with Crippen molar-refractivity contribution in [3.05, 3.63) is 35.4 Å². The third-order valence-electron chi connectivity index (χ3n) is 2.09. The zero-order valence-electron chi connectivity index (χ0n) is 8.09. The topological polar surface area (TPSA) is 80.9 Å². The molecule has 0 saturated heterocycles. The van der Waals surface area contributed by atoms with Crippen molar-refractivity contribution in [2.75, 3.05) is 0 Å². The number of benzene rings is 1. The van der Waals surface area contributed by atoms with Gasteiger partial charge in [-0.2, -0.15) is 0 Å². The van der Waals surface area contributed by atoms with Crippen LogP contribution in [0, 0.1) is 6.07 Å². The molecule has 1 aromatic rings. The summed E-state index contributed by atoms with van der Waals surface area (Å²) in [5.41, 5.74) is -0.445. The normalized spacial score (nSPS) is 18.9. The van der Waals surface area contributed by atoms with E-state index in [4.69, 9.17) is 10.2 Å². The number of aliphatic hydroxyl groups is 4. The van der Waals surface area contributed by atoms with Crippen molar-refractivity contribution in [1.29, 1.82) is 0 Å². The number of alkyl halides is 2. The first-order valence-electron chi connectivity index (χ1n) is 4.45. The second kappa shape index (κ2) is 5.31. The molecule has 0 spiro atoms. The van der Waals surface area contributed by atoms with Crippen LogP contribution in [0.2, 0.25) is 0 Å². The molecule has 4 atom stereocenters. The van der Waals surface area contributed by atoms with Gasteiger partial charge >= 0.3 is 0 Å². The van der Waals surface area contributed by atoms with Gasteiger partial charge in [0.25, 0.3) is 0 Å². The first-order valence-corrected chi connectivity index (χ1v) is 4.45. The van der Waals surface area contributed by atoms with Crippen LogP contribution in [0.5, 0.6) is 0 Å². The van der Waals surface area contributed by atoms with Crippen LogP contribution >= 0.6 is 0 Å². The van der Waals surface area contributed by atoms with Crippen molar-refractivity contribution in [2.24, 2.45) is 0 Å². The molecular weight excluding hydrogens is 222 g/mol. The van der Waals surface area contributed by atoms with E-state index >= 15 is 0 Å². The summed E-state index contributed by atoms with van der Waals surface area (Å²) in [5, 5.41) is 35.6. The fourth-order valence-electron chi connectivity index (χ4n) is 1.28. The van der Waals surface area contributed by atoms with Crippen LogP contribution in [0.4, 0.5) is 8.78 Å². The van der Waals surface area contributed by atoms with E-state index in [1.807, 2.05) is 0 Å².